The van der Waals surface area contributed by atoms with Crippen LogP contribution in [0, 0.1) is 5.92 Å². The quantitative estimate of drug-likeness (QED) is 0.540. The van der Waals surface area contributed by atoms with Crippen molar-refractivity contribution in [1.29, 1.82) is 0 Å². The second-order valence-corrected chi connectivity index (χ2v) is 6.93. The standard InChI is InChI=1S/C19H26N2O5S/c1-10(2)9-26-18(22)15-11(3)20-19(27)21-16(15)12-7-13(23-4)17(25-6)14(8-12)24-5/h7-8,10,16H,9H2,1-6H3,(H2,20,21,27)/t16-/m0/s1. The number of benzene rings is 1. The average Bonchev–Trinajstić information content (AvgIpc) is 2.64. The lowest BCUT2D eigenvalue weighted by molar-refractivity contribution is -0.140. The second kappa shape index (κ2) is 8.94. The van der Waals surface area contributed by atoms with E-state index in [2.05, 4.69) is 10.6 Å². The topological polar surface area (TPSA) is 78.1 Å². The number of methoxy groups -OCH3 is 3. The van der Waals surface area contributed by atoms with E-state index in [-0.39, 0.29) is 5.92 Å². The van der Waals surface area contributed by atoms with Crippen LogP contribution < -0.4 is 24.8 Å². The number of hydrogen-bond acceptors (Lipinski definition) is 6. The van der Waals surface area contributed by atoms with Gasteiger partial charge in [-0.25, -0.2) is 4.79 Å². The van der Waals surface area contributed by atoms with Crippen molar-refractivity contribution in [2.24, 2.45) is 5.92 Å². The van der Waals surface area contributed by atoms with Crippen LogP contribution in [0.5, 0.6) is 17.2 Å². The molecule has 1 aliphatic rings. The molecule has 0 saturated heterocycles. The zero-order valence-corrected chi connectivity index (χ0v) is 17.3. The Bertz CT molecular complexity index is 735. The van der Waals surface area contributed by atoms with Gasteiger partial charge in [-0.3, -0.25) is 0 Å². The molecule has 1 aromatic rings. The van der Waals surface area contributed by atoms with Gasteiger partial charge in [0.2, 0.25) is 5.75 Å². The van der Waals surface area contributed by atoms with E-state index in [4.69, 9.17) is 31.2 Å². The first kappa shape index (κ1) is 20.8. The van der Waals surface area contributed by atoms with Gasteiger partial charge in [0.15, 0.2) is 16.6 Å². The Morgan fingerprint density at radius 3 is 2.22 bits per heavy atom. The molecule has 1 atom stereocenters. The number of nitrogens with one attached hydrogen (secondary N) is 2. The summed E-state index contributed by atoms with van der Waals surface area (Å²) in [5.41, 5.74) is 1.84. The van der Waals surface area contributed by atoms with Gasteiger partial charge in [-0.05, 0) is 42.8 Å². The van der Waals surface area contributed by atoms with E-state index in [0.29, 0.717) is 40.2 Å². The summed E-state index contributed by atoms with van der Waals surface area (Å²) in [5.74, 6) is 1.30. The molecule has 0 amide bonds. The summed E-state index contributed by atoms with van der Waals surface area (Å²) in [5, 5.41) is 6.54. The molecule has 8 heteroatoms. The first-order chi connectivity index (χ1) is 12.8. The molecule has 0 unspecified atom stereocenters. The smallest absolute Gasteiger partial charge is 0.338 e. The Kier molecular flexibility index (Phi) is 6.90. The molecule has 7 nitrogen and oxygen atoms in total. The van der Waals surface area contributed by atoms with Crippen molar-refractivity contribution in [3.05, 3.63) is 29.0 Å². The molecule has 2 N–H and O–H groups in total. The minimum absolute atomic E-state index is 0.236. The first-order valence-electron chi connectivity index (χ1n) is 8.57. The molecule has 1 aromatic carbocycles. The van der Waals surface area contributed by atoms with Gasteiger partial charge in [0.25, 0.3) is 0 Å². The SMILES string of the molecule is COc1cc([C@@H]2NC(=S)NC(C)=C2C(=O)OCC(C)C)cc(OC)c1OC. The number of esters is 1. The van der Waals surface area contributed by atoms with E-state index < -0.39 is 12.0 Å². The van der Waals surface area contributed by atoms with Crippen molar-refractivity contribution < 1.29 is 23.7 Å². The molecular formula is C19H26N2O5S. The molecule has 0 spiro atoms. The highest BCUT2D eigenvalue weighted by Gasteiger charge is 2.32. The third-order valence-electron chi connectivity index (χ3n) is 4.06. The minimum atomic E-state index is -0.507. The molecule has 0 fully saturated rings. The first-order valence-corrected chi connectivity index (χ1v) is 8.98. The van der Waals surface area contributed by atoms with Crippen LogP contribution in [-0.4, -0.2) is 39.0 Å². The summed E-state index contributed by atoms with van der Waals surface area (Å²) in [6.07, 6.45) is 0. The summed E-state index contributed by atoms with van der Waals surface area (Å²) in [6, 6.07) is 3.07. The van der Waals surface area contributed by atoms with E-state index in [1.165, 1.54) is 7.11 Å². The second-order valence-electron chi connectivity index (χ2n) is 6.52. The minimum Gasteiger partial charge on any atom is -0.493 e. The molecular weight excluding hydrogens is 368 g/mol. The van der Waals surface area contributed by atoms with Crippen molar-refractivity contribution >= 4 is 23.3 Å². The maximum Gasteiger partial charge on any atom is 0.338 e. The highest BCUT2D eigenvalue weighted by atomic mass is 32.1. The molecule has 27 heavy (non-hydrogen) atoms. The number of carbonyl (C=O) groups is 1. The largest absolute Gasteiger partial charge is 0.493 e. The van der Waals surface area contributed by atoms with Gasteiger partial charge < -0.3 is 29.6 Å². The van der Waals surface area contributed by atoms with Gasteiger partial charge in [-0.2, -0.15) is 0 Å². The Balaban J connectivity index is 2.51. The summed E-state index contributed by atoms with van der Waals surface area (Å²) < 4.78 is 21.7. The van der Waals surface area contributed by atoms with Gasteiger partial charge in [-0.1, -0.05) is 13.8 Å². The molecule has 1 aliphatic heterocycles. The van der Waals surface area contributed by atoms with Crippen molar-refractivity contribution in [1.82, 2.24) is 10.6 Å². The maximum atomic E-state index is 12.7. The molecule has 148 valence electrons. The zero-order chi connectivity index (χ0) is 20.1. The Morgan fingerprint density at radius 2 is 1.74 bits per heavy atom. The van der Waals surface area contributed by atoms with Crippen LogP contribution in [0.4, 0.5) is 0 Å². The fraction of sp³-hybridized carbons (Fsp3) is 0.474. The summed E-state index contributed by atoms with van der Waals surface area (Å²) in [4.78, 5) is 12.7. The number of hydrogen-bond donors (Lipinski definition) is 2. The highest BCUT2D eigenvalue weighted by molar-refractivity contribution is 7.80. The number of rotatable bonds is 7. The molecule has 1 heterocycles. The summed E-state index contributed by atoms with van der Waals surface area (Å²) >= 11 is 5.28. The fourth-order valence-electron chi connectivity index (χ4n) is 2.80. The summed E-state index contributed by atoms with van der Waals surface area (Å²) in [6.45, 7) is 6.10. The molecule has 0 bridgehead atoms. The predicted octanol–water partition coefficient (Wildman–Crippen LogP) is 2.70. The van der Waals surface area contributed by atoms with Crippen LogP contribution in [0.1, 0.15) is 32.4 Å². The fourth-order valence-corrected chi connectivity index (χ4v) is 3.07. The average molecular weight is 394 g/mol. The van der Waals surface area contributed by atoms with Crippen molar-refractivity contribution in [3.8, 4) is 17.2 Å². The van der Waals surface area contributed by atoms with Crippen molar-refractivity contribution in [3.63, 3.8) is 0 Å². The third-order valence-corrected chi connectivity index (χ3v) is 4.28. The van der Waals surface area contributed by atoms with E-state index in [1.54, 1.807) is 33.3 Å². The normalized spacial score (nSPS) is 16.6. The molecule has 0 aliphatic carbocycles. The van der Waals surface area contributed by atoms with E-state index in [9.17, 15) is 4.79 Å². The van der Waals surface area contributed by atoms with Crippen LogP contribution >= 0.6 is 12.2 Å². The van der Waals surface area contributed by atoms with Gasteiger partial charge in [0.1, 0.15) is 0 Å². The lowest BCUT2D eigenvalue weighted by Gasteiger charge is -2.30. The van der Waals surface area contributed by atoms with Crippen LogP contribution in [0.2, 0.25) is 0 Å². The number of thiocarbonyl (C=S) groups is 1. The monoisotopic (exact) mass is 394 g/mol. The Hall–Kier alpha value is -2.48. The predicted molar refractivity (Wildman–Crippen MR) is 106 cm³/mol. The van der Waals surface area contributed by atoms with E-state index >= 15 is 0 Å². The number of ether oxygens (including phenoxy) is 4. The van der Waals surface area contributed by atoms with Gasteiger partial charge in [0, 0.05) is 5.70 Å². The van der Waals surface area contributed by atoms with Gasteiger partial charge >= 0.3 is 5.97 Å². The van der Waals surface area contributed by atoms with Crippen molar-refractivity contribution in [2.45, 2.75) is 26.8 Å². The number of carbonyl (C=O) groups excluding carboxylic acids is 1. The van der Waals surface area contributed by atoms with Crippen molar-refractivity contribution in [2.75, 3.05) is 27.9 Å². The maximum absolute atomic E-state index is 12.7. The molecule has 2 rings (SSSR count). The van der Waals surface area contributed by atoms with E-state index in [0.717, 1.165) is 5.56 Å². The van der Waals surface area contributed by atoms with Crippen LogP contribution in [-0.2, 0) is 9.53 Å². The number of allylic oxidation sites excluding steroid dienone is 1. The molecule has 0 saturated carbocycles. The lowest BCUT2D eigenvalue weighted by Crippen LogP contribution is -2.45. The zero-order valence-electron chi connectivity index (χ0n) is 16.5. The van der Waals surface area contributed by atoms with Crippen LogP contribution in [0.3, 0.4) is 0 Å². The highest BCUT2D eigenvalue weighted by Crippen LogP contribution is 2.41. The van der Waals surface area contributed by atoms with Crippen LogP contribution in [0.25, 0.3) is 0 Å². The lowest BCUT2D eigenvalue weighted by atomic mass is 9.95. The summed E-state index contributed by atoms with van der Waals surface area (Å²) in [7, 11) is 4.62. The van der Waals surface area contributed by atoms with Gasteiger partial charge in [-0.15, -0.1) is 0 Å². The molecule has 0 radical (unpaired) electrons. The molecule has 0 aromatic heterocycles. The Labute approximate surface area is 165 Å². The third kappa shape index (κ3) is 4.63. The van der Waals surface area contributed by atoms with Gasteiger partial charge in [0.05, 0.1) is 39.6 Å². The Morgan fingerprint density at radius 1 is 1.15 bits per heavy atom. The van der Waals surface area contributed by atoms with Crippen LogP contribution in [0.15, 0.2) is 23.4 Å². The van der Waals surface area contributed by atoms with E-state index in [1.807, 2.05) is 13.8 Å².